The predicted molar refractivity (Wildman–Crippen MR) is 108 cm³/mol. The summed E-state index contributed by atoms with van der Waals surface area (Å²) >= 11 is 0. The van der Waals surface area contributed by atoms with Crippen LogP contribution in [0.4, 0.5) is 4.39 Å². The number of rotatable bonds is 5. The number of aliphatic hydroxyl groups excluding tert-OH is 1. The highest BCUT2D eigenvalue weighted by atomic mass is 19.1. The highest BCUT2D eigenvalue weighted by Crippen LogP contribution is 2.45. The van der Waals surface area contributed by atoms with E-state index in [2.05, 4.69) is 20.9 Å². The fourth-order valence-corrected chi connectivity index (χ4v) is 5.03. The minimum atomic E-state index is -0.160. The van der Waals surface area contributed by atoms with E-state index in [4.69, 9.17) is 0 Å². The zero-order chi connectivity index (χ0) is 19.4. The maximum absolute atomic E-state index is 13.4. The average molecular weight is 384 g/mol. The van der Waals surface area contributed by atoms with Gasteiger partial charge in [-0.05, 0) is 73.6 Å². The number of benzene rings is 1. The highest BCUT2D eigenvalue weighted by molar-refractivity contribution is 5.16. The lowest BCUT2D eigenvalue weighted by Gasteiger charge is -2.51. The normalized spacial score (nSPS) is 23.1. The third-order valence-electron chi connectivity index (χ3n) is 6.77. The molecule has 1 atom stereocenters. The summed E-state index contributed by atoms with van der Waals surface area (Å²) in [6, 6.07) is 11.0. The molecular formula is C23H30FN3O. The molecule has 3 heterocycles. The van der Waals surface area contributed by atoms with Gasteiger partial charge in [-0.25, -0.2) is 4.39 Å². The zero-order valence-corrected chi connectivity index (χ0v) is 16.4. The van der Waals surface area contributed by atoms with Crippen LogP contribution in [0.5, 0.6) is 0 Å². The van der Waals surface area contributed by atoms with E-state index in [1.807, 2.05) is 24.5 Å². The van der Waals surface area contributed by atoms with Crippen LogP contribution in [0.25, 0.3) is 0 Å². The zero-order valence-electron chi connectivity index (χ0n) is 16.4. The third-order valence-corrected chi connectivity index (χ3v) is 6.77. The van der Waals surface area contributed by atoms with Crippen LogP contribution in [-0.4, -0.2) is 52.7 Å². The molecule has 1 aromatic carbocycles. The van der Waals surface area contributed by atoms with Crippen molar-refractivity contribution in [3.05, 3.63) is 65.7 Å². The monoisotopic (exact) mass is 383 g/mol. The summed E-state index contributed by atoms with van der Waals surface area (Å²) in [4.78, 5) is 9.10. The van der Waals surface area contributed by atoms with Gasteiger partial charge >= 0.3 is 0 Å². The first-order valence-electron chi connectivity index (χ1n) is 10.4. The van der Waals surface area contributed by atoms with Crippen molar-refractivity contribution in [3.8, 4) is 0 Å². The van der Waals surface area contributed by atoms with Crippen molar-refractivity contribution in [2.45, 2.75) is 32.4 Å². The topological polar surface area (TPSA) is 39.6 Å². The Labute approximate surface area is 167 Å². The molecule has 2 aliphatic rings. The minimum Gasteiger partial charge on any atom is -0.396 e. The van der Waals surface area contributed by atoms with Crippen molar-refractivity contribution < 1.29 is 9.50 Å². The standard InChI is InChI=1S/C23H30FN3O/c24-22-5-1-3-19(13-22)15-26-10-6-23(7-11-26)8-12-27(17-21(23)18-28)16-20-4-2-9-25-14-20/h1-5,9,13-14,21,28H,6-8,10-12,15-18H2. The van der Waals surface area contributed by atoms with Gasteiger partial charge in [-0.3, -0.25) is 14.8 Å². The van der Waals surface area contributed by atoms with Gasteiger partial charge in [0, 0.05) is 44.6 Å². The Morgan fingerprint density at radius 3 is 2.39 bits per heavy atom. The van der Waals surface area contributed by atoms with Gasteiger partial charge in [-0.2, -0.15) is 0 Å². The quantitative estimate of drug-likeness (QED) is 0.860. The van der Waals surface area contributed by atoms with Gasteiger partial charge in [0.2, 0.25) is 0 Å². The Bertz CT molecular complexity index is 761. The van der Waals surface area contributed by atoms with Gasteiger partial charge in [0.1, 0.15) is 5.82 Å². The number of aromatic nitrogens is 1. The minimum absolute atomic E-state index is 0.160. The Morgan fingerprint density at radius 2 is 1.71 bits per heavy atom. The summed E-state index contributed by atoms with van der Waals surface area (Å²) in [6.07, 6.45) is 7.13. The van der Waals surface area contributed by atoms with Crippen molar-refractivity contribution in [1.82, 2.24) is 14.8 Å². The highest BCUT2D eigenvalue weighted by Gasteiger charge is 2.44. The molecule has 150 valence electrons. The lowest BCUT2D eigenvalue weighted by atomic mass is 9.64. The predicted octanol–water partition coefficient (Wildman–Crippen LogP) is 3.32. The van der Waals surface area contributed by atoms with E-state index in [-0.39, 0.29) is 17.8 Å². The number of halogens is 1. The van der Waals surface area contributed by atoms with Gasteiger partial charge in [0.15, 0.2) is 0 Å². The molecule has 0 radical (unpaired) electrons. The van der Waals surface area contributed by atoms with Crippen LogP contribution in [0.2, 0.25) is 0 Å². The molecule has 2 saturated heterocycles. The molecule has 1 spiro atoms. The van der Waals surface area contributed by atoms with Gasteiger partial charge in [-0.15, -0.1) is 0 Å². The van der Waals surface area contributed by atoms with Crippen LogP contribution in [-0.2, 0) is 13.1 Å². The molecule has 1 N–H and O–H groups in total. The summed E-state index contributed by atoms with van der Waals surface area (Å²) in [7, 11) is 0. The fraction of sp³-hybridized carbons (Fsp3) is 0.522. The largest absolute Gasteiger partial charge is 0.396 e. The van der Waals surface area contributed by atoms with E-state index in [0.29, 0.717) is 5.92 Å². The van der Waals surface area contributed by atoms with Crippen molar-refractivity contribution in [3.63, 3.8) is 0 Å². The number of likely N-dealkylation sites (tertiary alicyclic amines) is 2. The Kier molecular flexibility index (Phi) is 6.04. The summed E-state index contributed by atoms with van der Waals surface area (Å²) in [5.74, 6) is 0.168. The number of pyridine rings is 1. The lowest BCUT2D eigenvalue weighted by molar-refractivity contribution is -0.0450. The maximum atomic E-state index is 13.4. The van der Waals surface area contributed by atoms with Crippen molar-refractivity contribution >= 4 is 0 Å². The van der Waals surface area contributed by atoms with Crippen LogP contribution in [0.1, 0.15) is 30.4 Å². The molecule has 0 amide bonds. The lowest BCUT2D eigenvalue weighted by Crippen LogP contribution is -2.53. The molecule has 2 aromatic rings. The summed E-state index contributed by atoms with van der Waals surface area (Å²) < 4.78 is 13.4. The number of hydrogen-bond acceptors (Lipinski definition) is 4. The van der Waals surface area contributed by atoms with Crippen molar-refractivity contribution in [2.24, 2.45) is 11.3 Å². The van der Waals surface area contributed by atoms with Crippen LogP contribution < -0.4 is 0 Å². The SMILES string of the molecule is OCC1CN(Cc2cccnc2)CCC12CCN(Cc1cccc(F)c1)CC2. The summed E-state index contributed by atoms with van der Waals surface area (Å²) in [5.41, 5.74) is 2.53. The molecule has 2 aliphatic heterocycles. The number of nitrogens with zero attached hydrogens (tertiary/aromatic N) is 3. The molecule has 4 rings (SSSR count). The van der Waals surface area contributed by atoms with Crippen molar-refractivity contribution in [2.75, 3.05) is 32.8 Å². The molecule has 0 aliphatic carbocycles. The summed E-state index contributed by atoms with van der Waals surface area (Å²) in [6.45, 7) is 6.06. The molecule has 2 fully saturated rings. The van der Waals surface area contributed by atoms with E-state index < -0.39 is 0 Å². The second-order valence-corrected chi connectivity index (χ2v) is 8.49. The maximum Gasteiger partial charge on any atom is 0.123 e. The molecule has 0 saturated carbocycles. The molecule has 28 heavy (non-hydrogen) atoms. The van der Waals surface area contributed by atoms with E-state index >= 15 is 0 Å². The second kappa shape index (κ2) is 8.68. The molecule has 5 heteroatoms. The van der Waals surface area contributed by atoms with Crippen LogP contribution in [0.15, 0.2) is 48.8 Å². The molecule has 1 unspecified atom stereocenters. The number of hydrogen-bond donors (Lipinski definition) is 1. The van der Waals surface area contributed by atoms with Gasteiger partial charge < -0.3 is 5.11 Å². The average Bonchev–Trinajstić information content (AvgIpc) is 2.72. The number of aliphatic hydroxyl groups is 1. The first-order chi connectivity index (χ1) is 13.7. The van der Waals surface area contributed by atoms with Gasteiger partial charge in [0.05, 0.1) is 0 Å². The first kappa shape index (κ1) is 19.5. The second-order valence-electron chi connectivity index (χ2n) is 8.49. The number of piperidine rings is 2. The molecule has 1 aromatic heterocycles. The Morgan fingerprint density at radius 1 is 1.00 bits per heavy atom. The fourth-order valence-electron chi connectivity index (χ4n) is 5.03. The van der Waals surface area contributed by atoms with Gasteiger partial charge in [-0.1, -0.05) is 18.2 Å². The van der Waals surface area contributed by atoms with E-state index in [1.54, 1.807) is 12.1 Å². The van der Waals surface area contributed by atoms with Crippen LogP contribution in [0.3, 0.4) is 0 Å². The van der Waals surface area contributed by atoms with E-state index in [0.717, 1.165) is 64.1 Å². The third kappa shape index (κ3) is 4.43. The smallest absolute Gasteiger partial charge is 0.123 e. The van der Waals surface area contributed by atoms with Crippen LogP contribution >= 0.6 is 0 Å². The summed E-state index contributed by atoms with van der Waals surface area (Å²) in [5, 5.41) is 10.1. The first-order valence-corrected chi connectivity index (χ1v) is 10.4. The Hall–Kier alpha value is -1.82. The van der Waals surface area contributed by atoms with E-state index in [1.165, 1.54) is 11.6 Å². The van der Waals surface area contributed by atoms with Crippen LogP contribution in [0, 0.1) is 17.2 Å². The molecule has 4 nitrogen and oxygen atoms in total. The Balaban J connectivity index is 1.34. The van der Waals surface area contributed by atoms with Gasteiger partial charge in [0.25, 0.3) is 0 Å². The molecular weight excluding hydrogens is 353 g/mol. The van der Waals surface area contributed by atoms with Crippen molar-refractivity contribution in [1.29, 1.82) is 0 Å². The van der Waals surface area contributed by atoms with E-state index in [9.17, 15) is 9.50 Å². The molecule has 0 bridgehead atoms.